The first-order chi connectivity index (χ1) is 15.1. The van der Waals surface area contributed by atoms with Crippen LogP contribution in [0.4, 0.5) is 0 Å². The summed E-state index contributed by atoms with van der Waals surface area (Å²) in [6.07, 6.45) is 8.34. The number of amides is 1. The summed E-state index contributed by atoms with van der Waals surface area (Å²) in [5.41, 5.74) is 0.391. The fraction of sp³-hybridized carbons (Fsp3) is 0.455. The Bertz CT molecular complexity index is 936. The Morgan fingerprint density at radius 3 is 2.71 bits per heavy atom. The third kappa shape index (κ3) is 3.98. The van der Waals surface area contributed by atoms with E-state index >= 15 is 0 Å². The molecule has 2 aliphatic heterocycles. The maximum absolute atomic E-state index is 12.7. The van der Waals surface area contributed by atoms with Gasteiger partial charge in [0.05, 0.1) is 25.2 Å². The van der Waals surface area contributed by atoms with Crippen LogP contribution in [0.3, 0.4) is 0 Å². The van der Waals surface area contributed by atoms with Crippen LogP contribution < -0.4 is 0 Å². The Hall–Kier alpha value is -3.04. The first-order valence-electron chi connectivity index (χ1n) is 10.4. The molecule has 2 saturated heterocycles. The quantitative estimate of drug-likeness (QED) is 0.493. The number of methoxy groups -OCH3 is 1. The van der Waals surface area contributed by atoms with Crippen LogP contribution in [-0.4, -0.2) is 68.7 Å². The fourth-order valence-electron chi connectivity index (χ4n) is 4.64. The van der Waals surface area contributed by atoms with Crippen LogP contribution in [0.15, 0.2) is 49.4 Å². The van der Waals surface area contributed by atoms with E-state index in [4.69, 9.17) is 9.57 Å². The molecule has 2 aliphatic rings. The second-order valence-electron chi connectivity index (χ2n) is 7.85. The van der Waals surface area contributed by atoms with Gasteiger partial charge < -0.3 is 4.74 Å². The standard InChI is InChI=1S/C22H27N5O4/c1-3-14-31-27-19(28)15-18(20(29)30-2)22(27)7-12-25(13-8-22)16-17-6-4-11-26(17)21-23-9-5-10-24-21/h3-6,9-11,18H,1,7-8,12-16H2,2H3/t18-/m0/s1. The van der Waals surface area contributed by atoms with E-state index in [1.54, 1.807) is 24.5 Å². The lowest BCUT2D eigenvalue weighted by molar-refractivity contribution is -0.218. The highest BCUT2D eigenvalue weighted by molar-refractivity contribution is 5.88. The average molecular weight is 425 g/mol. The van der Waals surface area contributed by atoms with Crippen LogP contribution in [0.1, 0.15) is 25.0 Å². The Morgan fingerprint density at radius 1 is 1.29 bits per heavy atom. The van der Waals surface area contributed by atoms with Gasteiger partial charge in [0, 0.05) is 50.3 Å². The smallest absolute Gasteiger partial charge is 0.311 e. The number of nitrogens with zero attached hydrogens (tertiary/aromatic N) is 5. The van der Waals surface area contributed by atoms with Crippen LogP contribution in [0.2, 0.25) is 0 Å². The van der Waals surface area contributed by atoms with Gasteiger partial charge >= 0.3 is 5.97 Å². The van der Waals surface area contributed by atoms with Gasteiger partial charge in [0.1, 0.15) is 0 Å². The molecule has 4 rings (SSSR count). The van der Waals surface area contributed by atoms with E-state index in [9.17, 15) is 9.59 Å². The maximum atomic E-state index is 12.7. The second kappa shape index (κ2) is 8.99. The molecule has 0 saturated carbocycles. The van der Waals surface area contributed by atoms with Gasteiger partial charge in [0.15, 0.2) is 0 Å². The van der Waals surface area contributed by atoms with Crippen LogP contribution in [0, 0.1) is 5.92 Å². The van der Waals surface area contributed by atoms with Gasteiger partial charge in [-0.3, -0.25) is 23.9 Å². The minimum Gasteiger partial charge on any atom is -0.469 e. The lowest BCUT2D eigenvalue weighted by Crippen LogP contribution is -2.57. The van der Waals surface area contributed by atoms with E-state index < -0.39 is 11.5 Å². The zero-order chi connectivity index (χ0) is 21.8. The molecule has 0 bridgehead atoms. The number of hydrogen-bond acceptors (Lipinski definition) is 7. The zero-order valence-corrected chi connectivity index (χ0v) is 17.6. The highest BCUT2D eigenvalue weighted by Crippen LogP contribution is 2.44. The molecule has 0 radical (unpaired) electrons. The molecule has 31 heavy (non-hydrogen) atoms. The highest BCUT2D eigenvalue weighted by atomic mass is 16.7. The van der Waals surface area contributed by atoms with Crippen LogP contribution in [0.25, 0.3) is 5.95 Å². The van der Waals surface area contributed by atoms with Crippen molar-refractivity contribution in [2.75, 3.05) is 26.8 Å². The summed E-state index contributed by atoms with van der Waals surface area (Å²) in [7, 11) is 1.36. The first kappa shape index (κ1) is 21.2. The van der Waals surface area contributed by atoms with Gasteiger partial charge in [-0.1, -0.05) is 6.08 Å². The summed E-state index contributed by atoms with van der Waals surface area (Å²) < 4.78 is 6.99. The van der Waals surface area contributed by atoms with E-state index in [1.807, 2.05) is 16.8 Å². The van der Waals surface area contributed by atoms with E-state index in [0.29, 0.717) is 25.3 Å². The summed E-state index contributed by atoms with van der Waals surface area (Å²) >= 11 is 0. The number of hydroxylamine groups is 2. The lowest BCUT2D eigenvalue weighted by Gasteiger charge is -2.45. The Labute approximate surface area is 181 Å². The molecule has 0 aromatic carbocycles. The van der Waals surface area contributed by atoms with Crippen LogP contribution in [0.5, 0.6) is 0 Å². The normalized spacial score (nSPS) is 20.9. The Balaban J connectivity index is 1.50. The third-order valence-electron chi connectivity index (χ3n) is 6.17. The van der Waals surface area contributed by atoms with Gasteiger partial charge in [-0.15, -0.1) is 6.58 Å². The molecular weight excluding hydrogens is 398 g/mol. The number of likely N-dealkylation sites (tertiary alicyclic amines) is 1. The van der Waals surface area contributed by atoms with E-state index in [2.05, 4.69) is 27.5 Å². The van der Waals surface area contributed by atoms with Crippen molar-refractivity contribution in [1.82, 2.24) is 24.5 Å². The summed E-state index contributed by atoms with van der Waals surface area (Å²) in [5, 5.41) is 1.42. The molecule has 0 aliphatic carbocycles. The molecule has 0 N–H and O–H groups in total. The fourth-order valence-corrected chi connectivity index (χ4v) is 4.64. The van der Waals surface area contributed by atoms with Gasteiger partial charge in [-0.2, -0.15) is 0 Å². The van der Waals surface area contributed by atoms with Gasteiger partial charge in [-0.05, 0) is 31.0 Å². The van der Waals surface area contributed by atoms with E-state index in [1.165, 1.54) is 12.2 Å². The molecule has 1 spiro atoms. The molecule has 0 unspecified atom stereocenters. The minimum absolute atomic E-state index is 0.109. The number of esters is 1. The third-order valence-corrected chi connectivity index (χ3v) is 6.17. The Kier molecular flexibility index (Phi) is 6.15. The molecule has 1 amide bonds. The number of carbonyl (C=O) groups is 2. The molecule has 164 valence electrons. The van der Waals surface area contributed by atoms with Crippen molar-refractivity contribution < 1.29 is 19.2 Å². The number of hydrogen-bond donors (Lipinski definition) is 0. The number of carbonyl (C=O) groups excluding carboxylic acids is 2. The largest absolute Gasteiger partial charge is 0.469 e. The zero-order valence-electron chi connectivity index (χ0n) is 17.6. The highest BCUT2D eigenvalue weighted by Gasteiger charge is 2.58. The van der Waals surface area contributed by atoms with Gasteiger partial charge in [0.2, 0.25) is 11.9 Å². The molecule has 2 fully saturated rings. The average Bonchev–Trinajstić information content (AvgIpc) is 3.36. The van der Waals surface area contributed by atoms with E-state index in [-0.39, 0.29) is 24.9 Å². The molecule has 2 aromatic rings. The van der Waals surface area contributed by atoms with Crippen molar-refractivity contribution in [2.45, 2.75) is 31.3 Å². The van der Waals surface area contributed by atoms with E-state index in [0.717, 1.165) is 18.8 Å². The van der Waals surface area contributed by atoms with Crippen molar-refractivity contribution in [1.29, 1.82) is 0 Å². The Morgan fingerprint density at radius 2 is 2.03 bits per heavy atom. The van der Waals surface area contributed by atoms with Crippen molar-refractivity contribution in [3.63, 3.8) is 0 Å². The molecule has 9 heteroatoms. The van der Waals surface area contributed by atoms with Gasteiger partial charge in [-0.25, -0.2) is 15.0 Å². The van der Waals surface area contributed by atoms with Crippen LogP contribution >= 0.6 is 0 Å². The number of ether oxygens (including phenoxy) is 1. The van der Waals surface area contributed by atoms with Crippen molar-refractivity contribution >= 4 is 11.9 Å². The lowest BCUT2D eigenvalue weighted by atomic mass is 9.77. The summed E-state index contributed by atoms with van der Waals surface area (Å²) in [4.78, 5) is 41.8. The SMILES string of the molecule is C=CCON1C(=O)C[C@@H](C(=O)OC)C12CCN(Cc1cccn1-c1ncccn1)CC2. The van der Waals surface area contributed by atoms with Crippen LogP contribution in [-0.2, 0) is 25.7 Å². The summed E-state index contributed by atoms with van der Waals surface area (Å²) in [6.45, 7) is 6.03. The van der Waals surface area contributed by atoms with Crippen molar-refractivity contribution in [3.8, 4) is 5.95 Å². The molecule has 9 nitrogen and oxygen atoms in total. The number of piperidine rings is 1. The van der Waals surface area contributed by atoms with Crippen molar-refractivity contribution in [2.24, 2.45) is 5.92 Å². The summed E-state index contributed by atoms with van der Waals surface area (Å²) in [5.74, 6) is -0.437. The molecule has 4 heterocycles. The molecular formula is C22H27N5O4. The van der Waals surface area contributed by atoms with Gasteiger partial charge in [0.25, 0.3) is 0 Å². The second-order valence-corrected chi connectivity index (χ2v) is 7.85. The molecule has 1 atom stereocenters. The number of aromatic nitrogens is 3. The maximum Gasteiger partial charge on any atom is 0.311 e. The number of rotatable bonds is 7. The predicted octanol–water partition coefficient (Wildman–Crippen LogP) is 1.74. The predicted molar refractivity (Wildman–Crippen MR) is 112 cm³/mol. The summed E-state index contributed by atoms with van der Waals surface area (Å²) in [6, 6.07) is 5.82. The first-order valence-corrected chi connectivity index (χ1v) is 10.4. The monoisotopic (exact) mass is 425 g/mol. The minimum atomic E-state index is -0.686. The van der Waals surface area contributed by atoms with Crippen molar-refractivity contribution in [3.05, 3.63) is 55.1 Å². The topological polar surface area (TPSA) is 89.8 Å². The molecule has 2 aromatic heterocycles.